The lowest BCUT2D eigenvalue weighted by molar-refractivity contribution is 0.175. The second-order valence-electron chi connectivity index (χ2n) is 2.28. The van der Waals surface area contributed by atoms with E-state index >= 15 is 0 Å². The van der Waals surface area contributed by atoms with Crippen molar-refractivity contribution in [2.75, 3.05) is 0 Å². The Morgan fingerprint density at radius 3 is 1.92 bits per heavy atom. The molecule has 3 heteroatoms. The zero-order chi connectivity index (χ0) is 9.40. The third-order valence-electron chi connectivity index (χ3n) is 1.22. The third-order valence-corrected chi connectivity index (χ3v) is 1.22. The Hall–Kier alpha value is -1.25. The van der Waals surface area contributed by atoms with Gasteiger partial charge in [-0.15, -0.1) is 0 Å². The smallest absolute Gasteiger partial charge is 0.415 e. The molecule has 68 valence electrons. The van der Waals surface area contributed by atoms with Crippen molar-refractivity contribution in [3.8, 4) is 0 Å². The average Bonchev–Trinajstić information content (AvgIpc) is 2.04. The molecule has 0 aromatic carbocycles. The van der Waals surface area contributed by atoms with Gasteiger partial charge in [0.05, 0.1) is 0 Å². The van der Waals surface area contributed by atoms with Gasteiger partial charge in [-0.1, -0.05) is 26.0 Å². The Balaban J connectivity index is 4.13. The van der Waals surface area contributed by atoms with Crippen LogP contribution in [0.5, 0.6) is 0 Å². The molecule has 0 aliphatic heterocycles. The van der Waals surface area contributed by atoms with Crippen LogP contribution < -0.4 is 0 Å². The molecule has 0 saturated carbocycles. The molecule has 0 unspecified atom stereocenters. The van der Waals surface area contributed by atoms with Gasteiger partial charge in [0.15, 0.2) is 0 Å². The van der Waals surface area contributed by atoms with Crippen LogP contribution >= 0.6 is 0 Å². The number of nitrogens with zero attached hydrogens (tertiary/aromatic N) is 1. The van der Waals surface area contributed by atoms with Gasteiger partial charge < -0.3 is 5.11 Å². The maximum atomic E-state index is 10.5. The summed E-state index contributed by atoms with van der Waals surface area (Å²) in [5, 5.41) is 8.65. The summed E-state index contributed by atoms with van der Waals surface area (Å²) in [6, 6.07) is 0. The van der Waals surface area contributed by atoms with Gasteiger partial charge in [0.2, 0.25) is 0 Å². The molecule has 0 fully saturated rings. The van der Waals surface area contributed by atoms with E-state index in [-0.39, 0.29) is 0 Å². The van der Waals surface area contributed by atoms with Crippen molar-refractivity contribution in [1.82, 2.24) is 4.90 Å². The first-order chi connectivity index (χ1) is 5.72. The van der Waals surface area contributed by atoms with E-state index in [0.717, 1.165) is 17.7 Å². The van der Waals surface area contributed by atoms with E-state index in [2.05, 4.69) is 0 Å². The topological polar surface area (TPSA) is 40.5 Å². The molecule has 0 aliphatic carbocycles. The van der Waals surface area contributed by atoms with E-state index in [0.29, 0.717) is 0 Å². The first-order valence-electron chi connectivity index (χ1n) is 4.07. The molecule has 0 heterocycles. The van der Waals surface area contributed by atoms with Crippen LogP contribution in [-0.2, 0) is 0 Å². The van der Waals surface area contributed by atoms with Crippen molar-refractivity contribution in [3.05, 3.63) is 24.6 Å². The molecule has 1 N–H and O–H groups in total. The lowest BCUT2D eigenvalue weighted by atomic mass is 10.4. The van der Waals surface area contributed by atoms with Gasteiger partial charge in [-0.2, -0.15) is 0 Å². The first kappa shape index (κ1) is 10.8. The van der Waals surface area contributed by atoms with Gasteiger partial charge >= 0.3 is 6.09 Å². The summed E-state index contributed by atoms with van der Waals surface area (Å²) < 4.78 is 0. The first-order valence-corrected chi connectivity index (χ1v) is 4.07. The second-order valence-corrected chi connectivity index (χ2v) is 2.28. The average molecular weight is 169 g/mol. The van der Waals surface area contributed by atoms with E-state index in [9.17, 15) is 4.79 Å². The largest absolute Gasteiger partial charge is 0.464 e. The van der Waals surface area contributed by atoms with Gasteiger partial charge in [-0.05, 0) is 12.8 Å². The summed E-state index contributed by atoms with van der Waals surface area (Å²) in [4.78, 5) is 11.7. The highest BCUT2D eigenvalue weighted by Gasteiger charge is 2.01. The standard InChI is InChI=1S/C9H15NO2/c1-3-5-7-10(9(11)12)8-6-4-2/h5-8H,3-4H2,1-2H3,(H,11,12). The molecule has 3 nitrogen and oxygen atoms in total. The highest BCUT2D eigenvalue weighted by atomic mass is 16.4. The number of rotatable bonds is 4. The van der Waals surface area contributed by atoms with E-state index < -0.39 is 6.09 Å². The zero-order valence-electron chi connectivity index (χ0n) is 7.53. The van der Waals surface area contributed by atoms with Crippen LogP contribution in [0, 0.1) is 0 Å². The second kappa shape index (κ2) is 6.46. The minimum atomic E-state index is -0.954. The Morgan fingerprint density at radius 1 is 1.25 bits per heavy atom. The van der Waals surface area contributed by atoms with Crippen LogP contribution in [0.25, 0.3) is 0 Å². The Labute approximate surface area is 73.0 Å². The lowest BCUT2D eigenvalue weighted by Crippen LogP contribution is -2.16. The maximum absolute atomic E-state index is 10.5. The minimum Gasteiger partial charge on any atom is -0.464 e. The van der Waals surface area contributed by atoms with Crippen molar-refractivity contribution in [2.24, 2.45) is 0 Å². The normalized spacial score (nSPS) is 11.2. The van der Waals surface area contributed by atoms with Crippen LogP contribution in [-0.4, -0.2) is 16.1 Å². The number of carboxylic acid groups (broad SMARTS) is 1. The summed E-state index contributed by atoms with van der Waals surface area (Å²) in [6.07, 6.45) is 7.42. The van der Waals surface area contributed by atoms with Gasteiger partial charge in [-0.3, -0.25) is 4.90 Å². The fourth-order valence-corrected chi connectivity index (χ4v) is 0.615. The van der Waals surface area contributed by atoms with Crippen molar-refractivity contribution in [3.63, 3.8) is 0 Å². The van der Waals surface area contributed by atoms with E-state index in [1.165, 1.54) is 0 Å². The minimum absolute atomic E-state index is 0.837. The molecule has 0 aliphatic rings. The van der Waals surface area contributed by atoms with Crippen LogP contribution in [0.2, 0.25) is 0 Å². The van der Waals surface area contributed by atoms with Gasteiger partial charge in [0, 0.05) is 12.4 Å². The van der Waals surface area contributed by atoms with Crippen molar-refractivity contribution >= 4 is 6.09 Å². The quantitative estimate of drug-likeness (QED) is 0.703. The fourth-order valence-electron chi connectivity index (χ4n) is 0.615. The van der Waals surface area contributed by atoms with Gasteiger partial charge in [-0.25, -0.2) is 4.79 Å². The van der Waals surface area contributed by atoms with Crippen LogP contribution in [0.4, 0.5) is 4.79 Å². The van der Waals surface area contributed by atoms with Crippen molar-refractivity contribution in [1.29, 1.82) is 0 Å². The molecule has 0 rings (SSSR count). The molecule has 0 spiro atoms. The summed E-state index contributed by atoms with van der Waals surface area (Å²) in [5.74, 6) is 0. The summed E-state index contributed by atoms with van der Waals surface area (Å²) in [5.41, 5.74) is 0. The molecule has 0 bridgehead atoms. The summed E-state index contributed by atoms with van der Waals surface area (Å²) in [6.45, 7) is 3.92. The van der Waals surface area contributed by atoms with Gasteiger partial charge in [0.25, 0.3) is 0 Å². The van der Waals surface area contributed by atoms with Crippen molar-refractivity contribution in [2.45, 2.75) is 26.7 Å². The number of hydrogen-bond donors (Lipinski definition) is 1. The third kappa shape index (κ3) is 4.55. The number of hydrogen-bond acceptors (Lipinski definition) is 1. The van der Waals surface area contributed by atoms with E-state index in [1.807, 2.05) is 13.8 Å². The molecule has 12 heavy (non-hydrogen) atoms. The van der Waals surface area contributed by atoms with Crippen LogP contribution in [0.3, 0.4) is 0 Å². The molecule has 0 aromatic heterocycles. The highest BCUT2D eigenvalue weighted by Crippen LogP contribution is 1.95. The molecule has 0 saturated heterocycles. The van der Waals surface area contributed by atoms with Crippen LogP contribution in [0.15, 0.2) is 24.6 Å². The van der Waals surface area contributed by atoms with E-state index in [4.69, 9.17) is 5.11 Å². The van der Waals surface area contributed by atoms with Crippen LogP contribution in [0.1, 0.15) is 26.7 Å². The fraction of sp³-hybridized carbons (Fsp3) is 0.444. The number of allylic oxidation sites excluding steroid dienone is 2. The lowest BCUT2D eigenvalue weighted by Gasteiger charge is -2.06. The molecular formula is C9H15NO2. The van der Waals surface area contributed by atoms with E-state index in [1.54, 1.807) is 24.6 Å². The summed E-state index contributed by atoms with van der Waals surface area (Å²) in [7, 11) is 0. The number of amides is 1. The zero-order valence-corrected chi connectivity index (χ0v) is 7.53. The highest BCUT2D eigenvalue weighted by molar-refractivity contribution is 5.67. The molecule has 1 amide bonds. The Kier molecular flexibility index (Phi) is 5.79. The predicted octanol–water partition coefficient (Wildman–Crippen LogP) is 2.81. The van der Waals surface area contributed by atoms with Gasteiger partial charge in [0.1, 0.15) is 0 Å². The Bertz CT molecular complexity index is 171. The molecular weight excluding hydrogens is 154 g/mol. The van der Waals surface area contributed by atoms with Crippen molar-refractivity contribution < 1.29 is 9.90 Å². The molecule has 0 radical (unpaired) electrons. The predicted molar refractivity (Wildman–Crippen MR) is 48.7 cm³/mol. The monoisotopic (exact) mass is 169 g/mol. The maximum Gasteiger partial charge on any atom is 0.415 e. The molecule has 0 aromatic rings. The molecule has 0 atom stereocenters. The Morgan fingerprint density at radius 2 is 1.67 bits per heavy atom. The number of carbonyl (C=O) groups is 1. The SMILES string of the molecule is CCC=CN(C=CCC)C(=O)O. The summed E-state index contributed by atoms with van der Waals surface area (Å²) >= 11 is 0.